The number of thioether (sulfide) groups is 1. The number of esters is 1. The second-order valence-corrected chi connectivity index (χ2v) is 7.67. The number of rotatable bonds is 8. The van der Waals surface area contributed by atoms with E-state index in [9.17, 15) is 9.59 Å². The normalized spacial score (nSPS) is 19.9. The van der Waals surface area contributed by atoms with Crippen LogP contribution in [0, 0.1) is 0 Å². The summed E-state index contributed by atoms with van der Waals surface area (Å²) < 4.78 is 5.39. The van der Waals surface area contributed by atoms with Gasteiger partial charge in [0, 0.05) is 22.8 Å². The summed E-state index contributed by atoms with van der Waals surface area (Å²) in [6, 6.07) is 6.98. The van der Waals surface area contributed by atoms with Gasteiger partial charge in [0.25, 0.3) is 0 Å². The molecular weight excluding hydrogens is 358 g/mol. The van der Waals surface area contributed by atoms with Crippen LogP contribution in [0.4, 0.5) is 0 Å². The molecule has 0 unspecified atom stereocenters. The van der Waals surface area contributed by atoms with Crippen LogP contribution in [-0.2, 0) is 14.3 Å². The van der Waals surface area contributed by atoms with Gasteiger partial charge >= 0.3 is 5.97 Å². The molecule has 0 aromatic heterocycles. The third-order valence-corrected chi connectivity index (χ3v) is 5.87. The second kappa shape index (κ2) is 10.1. The van der Waals surface area contributed by atoms with Crippen LogP contribution in [0.1, 0.15) is 56.9 Å². The predicted octanol–water partition coefficient (Wildman–Crippen LogP) is 4.82. The summed E-state index contributed by atoms with van der Waals surface area (Å²) in [6.45, 7) is 4.51. The monoisotopic (exact) mass is 383 g/mol. The van der Waals surface area contributed by atoms with Gasteiger partial charge in [-0.3, -0.25) is 4.79 Å². The Hall–Kier alpha value is -1.20. The molecule has 0 saturated carbocycles. The standard InChI is InChI=1S/C19H26ClNO3S/c1-3-5-11-17(22)21-16(19(23)24-12-6-4-2)13-25-18(21)14-9-7-8-10-15(14)20/h7-10,16,18H,3-6,11-13H2,1-2H3/t16-,18-/m1/s1. The molecule has 2 atom stereocenters. The zero-order valence-electron chi connectivity index (χ0n) is 14.9. The molecule has 0 spiro atoms. The van der Waals surface area contributed by atoms with Crippen LogP contribution in [0.5, 0.6) is 0 Å². The van der Waals surface area contributed by atoms with Gasteiger partial charge in [0.15, 0.2) is 0 Å². The lowest BCUT2D eigenvalue weighted by Gasteiger charge is -2.29. The molecule has 1 fully saturated rings. The SMILES string of the molecule is CCCCOC(=O)[C@H]1CS[C@H](c2ccccc2Cl)N1C(=O)CCCC. The van der Waals surface area contributed by atoms with E-state index in [1.54, 1.807) is 16.7 Å². The second-order valence-electron chi connectivity index (χ2n) is 6.15. The molecule has 0 radical (unpaired) electrons. The number of unbranched alkanes of at least 4 members (excludes halogenated alkanes) is 2. The lowest BCUT2D eigenvalue weighted by molar-refractivity contribution is -0.154. The molecule has 6 heteroatoms. The lowest BCUT2D eigenvalue weighted by Crippen LogP contribution is -2.43. The minimum absolute atomic E-state index is 0.00536. The molecule has 25 heavy (non-hydrogen) atoms. The molecule has 0 aliphatic carbocycles. The van der Waals surface area contributed by atoms with Crippen LogP contribution in [-0.4, -0.2) is 35.2 Å². The van der Waals surface area contributed by atoms with Crippen molar-refractivity contribution in [3.63, 3.8) is 0 Å². The van der Waals surface area contributed by atoms with E-state index in [2.05, 4.69) is 0 Å². The Balaban J connectivity index is 2.20. The van der Waals surface area contributed by atoms with E-state index < -0.39 is 6.04 Å². The number of ether oxygens (including phenoxy) is 1. The lowest BCUT2D eigenvalue weighted by atomic mass is 10.1. The number of benzene rings is 1. The molecule has 0 N–H and O–H groups in total. The van der Waals surface area contributed by atoms with E-state index in [4.69, 9.17) is 16.3 Å². The maximum absolute atomic E-state index is 12.8. The third-order valence-electron chi connectivity index (χ3n) is 4.22. The van der Waals surface area contributed by atoms with Gasteiger partial charge in [0.1, 0.15) is 11.4 Å². The Labute approximate surface area is 159 Å². The van der Waals surface area contributed by atoms with Gasteiger partial charge in [-0.15, -0.1) is 11.8 Å². The van der Waals surface area contributed by atoms with Crippen molar-refractivity contribution in [2.75, 3.05) is 12.4 Å². The predicted molar refractivity (Wildman–Crippen MR) is 103 cm³/mol. The van der Waals surface area contributed by atoms with Gasteiger partial charge in [-0.05, 0) is 18.9 Å². The summed E-state index contributed by atoms with van der Waals surface area (Å²) in [7, 11) is 0. The van der Waals surface area contributed by atoms with Gasteiger partial charge in [0.05, 0.1) is 6.61 Å². The zero-order chi connectivity index (χ0) is 18.2. The average Bonchev–Trinajstić information content (AvgIpc) is 3.05. The van der Waals surface area contributed by atoms with Crippen LogP contribution >= 0.6 is 23.4 Å². The summed E-state index contributed by atoms with van der Waals surface area (Å²) in [4.78, 5) is 27.0. The Bertz CT molecular complexity index is 596. The Morgan fingerprint density at radius 2 is 1.96 bits per heavy atom. The van der Waals surface area contributed by atoms with Crippen LogP contribution in [0.15, 0.2) is 24.3 Å². The number of amides is 1. The first-order valence-electron chi connectivity index (χ1n) is 8.94. The first-order chi connectivity index (χ1) is 12.1. The fourth-order valence-electron chi connectivity index (χ4n) is 2.78. The molecule has 1 aromatic carbocycles. The largest absolute Gasteiger partial charge is 0.464 e. The maximum Gasteiger partial charge on any atom is 0.329 e. The molecule has 0 bridgehead atoms. The Morgan fingerprint density at radius 3 is 2.64 bits per heavy atom. The average molecular weight is 384 g/mol. The molecule has 2 rings (SSSR count). The van der Waals surface area contributed by atoms with Crippen LogP contribution < -0.4 is 0 Å². The molecule has 138 valence electrons. The number of carbonyl (C=O) groups excluding carboxylic acids is 2. The Morgan fingerprint density at radius 1 is 1.24 bits per heavy atom. The summed E-state index contributed by atoms with van der Waals surface area (Å²) >= 11 is 7.92. The van der Waals surface area contributed by atoms with Crippen molar-refractivity contribution in [2.24, 2.45) is 0 Å². The van der Waals surface area contributed by atoms with E-state index in [0.717, 1.165) is 31.2 Å². The summed E-state index contributed by atoms with van der Waals surface area (Å²) in [6.07, 6.45) is 4.00. The molecule has 1 aromatic rings. The van der Waals surface area contributed by atoms with E-state index in [-0.39, 0.29) is 17.3 Å². The minimum Gasteiger partial charge on any atom is -0.464 e. The molecular formula is C19H26ClNO3S. The molecule has 1 heterocycles. The van der Waals surface area contributed by atoms with Crippen molar-refractivity contribution >= 4 is 35.2 Å². The fraction of sp³-hybridized carbons (Fsp3) is 0.579. The van der Waals surface area contributed by atoms with Crippen molar-refractivity contribution in [2.45, 2.75) is 57.4 Å². The molecule has 1 aliphatic heterocycles. The summed E-state index contributed by atoms with van der Waals surface area (Å²) in [5.74, 6) is 0.230. The topological polar surface area (TPSA) is 46.6 Å². The molecule has 1 saturated heterocycles. The maximum atomic E-state index is 12.8. The smallest absolute Gasteiger partial charge is 0.329 e. The first-order valence-corrected chi connectivity index (χ1v) is 10.4. The van der Waals surface area contributed by atoms with Crippen molar-refractivity contribution in [1.82, 2.24) is 4.90 Å². The van der Waals surface area contributed by atoms with Crippen molar-refractivity contribution < 1.29 is 14.3 Å². The highest BCUT2D eigenvalue weighted by molar-refractivity contribution is 7.99. The van der Waals surface area contributed by atoms with E-state index in [0.29, 0.717) is 23.8 Å². The molecule has 1 aliphatic rings. The number of halogens is 1. The third kappa shape index (κ3) is 5.14. The van der Waals surface area contributed by atoms with Gasteiger partial charge in [-0.2, -0.15) is 0 Å². The van der Waals surface area contributed by atoms with Crippen LogP contribution in [0.3, 0.4) is 0 Å². The quantitative estimate of drug-likeness (QED) is 0.477. The van der Waals surface area contributed by atoms with Crippen molar-refractivity contribution in [3.05, 3.63) is 34.9 Å². The van der Waals surface area contributed by atoms with Crippen molar-refractivity contribution in [3.8, 4) is 0 Å². The molecule has 1 amide bonds. The van der Waals surface area contributed by atoms with Crippen LogP contribution in [0.2, 0.25) is 5.02 Å². The highest BCUT2D eigenvalue weighted by atomic mass is 35.5. The summed E-state index contributed by atoms with van der Waals surface area (Å²) in [5, 5.41) is 0.384. The Kier molecular flexibility index (Phi) is 8.10. The van der Waals surface area contributed by atoms with Crippen molar-refractivity contribution in [1.29, 1.82) is 0 Å². The highest BCUT2D eigenvalue weighted by Gasteiger charge is 2.43. The minimum atomic E-state index is -0.535. The number of hydrogen-bond acceptors (Lipinski definition) is 4. The van der Waals surface area contributed by atoms with Gasteiger partial charge in [-0.25, -0.2) is 4.79 Å². The number of nitrogens with zero attached hydrogens (tertiary/aromatic N) is 1. The van der Waals surface area contributed by atoms with E-state index in [1.165, 1.54) is 0 Å². The summed E-state index contributed by atoms with van der Waals surface area (Å²) in [5.41, 5.74) is 0.878. The zero-order valence-corrected chi connectivity index (χ0v) is 16.4. The van der Waals surface area contributed by atoms with E-state index >= 15 is 0 Å². The fourth-order valence-corrected chi connectivity index (χ4v) is 4.55. The van der Waals surface area contributed by atoms with E-state index in [1.807, 2.05) is 38.1 Å². The van der Waals surface area contributed by atoms with Gasteiger partial charge in [-0.1, -0.05) is 56.5 Å². The highest BCUT2D eigenvalue weighted by Crippen LogP contribution is 2.44. The molecule has 4 nitrogen and oxygen atoms in total. The number of carbonyl (C=O) groups is 2. The first kappa shape index (κ1) is 20.1. The van der Waals surface area contributed by atoms with Gasteiger partial charge in [0.2, 0.25) is 5.91 Å². The van der Waals surface area contributed by atoms with Gasteiger partial charge < -0.3 is 9.64 Å². The number of hydrogen-bond donors (Lipinski definition) is 0. The van der Waals surface area contributed by atoms with Crippen LogP contribution in [0.25, 0.3) is 0 Å².